The second-order valence-corrected chi connectivity index (χ2v) is 34.1. The van der Waals surface area contributed by atoms with Crippen molar-refractivity contribution in [2.75, 3.05) is 0 Å². The Labute approximate surface area is 526 Å². The molecule has 87 heavy (non-hydrogen) atoms. The van der Waals surface area contributed by atoms with Gasteiger partial charge in [-0.1, -0.05) is 77.0 Å². The predicted molar refractivity (Wildman–Crippen MR) is 343 cm³/mol. The average Bonchev–Trinajstić information content (AvgIpc) is 1.72. The molecule has 14 heteroatoms. The summed E-state index contributed by atoms with van der Waals surface area (Å²) in [5.74, 6) is -1.71. The van der Waals surface area contributed by atoms with Crippen LogP contribution in [0.2, 0.25) is 0 Å². The highest BCUT2D eigenvalue weighted by Gasteiger charge is 2.53. The zero-order valence-corrected chi connectivity index (χ0v) is 57.6. The van der Waals surface area contributed by atoms with E-state index in [1.54, 1.807) is 6.07 Å². The summed E-state index contributed by atoms with van der Waals surface area (Å²) in [7, 11) is 0. The van der Waals surface area contributed by atoms with Crippen molar-refractivity contribution in [3.05, 3.63) is 34.4 Å². The number of hydrogen-bond acceptors (Lipinski definition) is 14. The Hall–Kier alpha value is -2.82. The van der Waals surface area contributed by atoms with Crippen LogP contribution in [0.1, 0.15) is 351 Å². The van der Waals surface area contributed by atoms with Gasteiger partial charge in [0.25, 0.3) is 0 Å². The molecule has 492 valence electrons. The minimum absolute atomic E-state index is 0.00165. The number of Topliss-reactive ketones (excluding diaryl/α,β-unsaturated/α-hetero) is 2. The van der Waals surface area contributed by atoms with Gasteiger partial charge in [-0.25, -0.2) is 9.59 Å². The molecular weight excluding hydrogens is 1090 g/mol. The summed E-state index contributed by atoms with van der Waals surface area (Å²) >= 11 is 0. The Balaban J connectivity index is 1.05. The number of ether oxygens (including phenoxy) is 2. The summed E-state index contributed by atoms with van der Waals surface area (Å²) < 4.78 is 13.4. The lowest BCUT2D eigenvalue weighted by molar-refractivity contribution is -0.317. The van der Waals surface area contributed by atoms with Gasteiger partial charge in [-0.05, 0) is 218 Å². The summed E-state index contributed by atoms with van der Waals surface area (Å²) in [4.78, 5) is 89.6. The van der Waals surface area contributed by atoms with Gasteiger partial charge in [-0.2, -0.15) is 20.3 Å². The lowest BCUT2D eigenvalue weighted by Gasteiger charge is -2.55. The van der Waals surface area contributed by atoms with Crippen molar-refractivity contribution < 1.29 is 48.0 Å². The van der Waals surface area contributed by atoms with Crippen LogP contribution in [-0.2, 0) is 28.8 Å². The van der Waals surface area contributed by atoms with Crippen LogP contribution in [0.15, 0.2) is 12.1 Å². The van der Waals surface area contributed by atoms with Crippen LogP contribution in [0.4, 0.5) is 0 Å². The monoisotopic (exact) mass is 1210 g/mol. The topological polar surface area (TPSA) is 137 Å². The number of benzene rings is 1. The van der Waals surface area contributed by atoms with Gasteiger partial charge in [0.15, 0.2) is 11.6 Å². The van der Waals surface area contributed by atoms with E-state index >= 15 is 19.2 Å². The van der Waals surface area contributed by atoms with Gasteiger partial charge in [0, 0.05) is 94.0 Å². The third-order valence-electron chi connectivity index (χ3n) is 21.7. The van der Waals surface area contributed by atoms with Crippen LogP contribution in [0.3, 0.4) is 0 Å². The third-order valence-corrected chi connectivity index (χ3v) is 21.7. The molecule has 8 fully saturated rings. The van der Waals surface area contributed by atoms with Crippen molar-refractivity contribution in [3.8, 4) is 0 Å². The molecule has 1 aromatic rings. The van der Waals surface area contributed by atoms with Gasteiger partial charge >= 0.3 is 11.9 Å². The third kappa shape index (κ3) is 16.5. The quantitative estimate of drug-likeness (QED) is 0.0959. The number of nitrogens with zero attached hydrogens (tertiary/aromatic N) is 4. The lowest BCUT2D eigenvalue weighted by Crippen LogP contribution is -2.63. The van der Waals surface area contributed by atoms with E-state index in [4.69, 9.17) is 28.8 Å². The molecule has 4 aliphatic heterocycles. The zero-order chi connectivity index (χ0) is 63.1. The average molecular weight is 1210 g/mol. The minimum atomic E-state index is -0.678. The summed E-state index contributed by atoms with van der Waals surface area (Å²) in [5.41, 5.74) is -3.07. The van der Waals surface area contributed by atoms with E-state index < -0.39 is 57.4 Å². The number of piperidine rings is 4. The summed E-state index contributed by atoms with van der Waals surface area (Å²) in [6, 6.07) is 3.09. The maximum absolute atomic E-state index is 15.7. The highest BCUT2D eigenvalue weighted by atomic mass is 16.7. The Morgan fingerprint density at radius 1 is 0.333 bits per heavy atom. The number of hydroxylamine groups is 8. The number of carbonyl (C=O) groups is 4. The fourth-order valence-electron chi connectivity index (χ4n) is 18.9. The number of hydrogen-bond donors (Lipinski definition) is 0. The normalized spacial score (nSPS) is 27.6. The van der Waals surface area contributed by atoms with Crippen molar-refractivity contribution in [2.24, 2.45) is 11.8 Å². The smallest absolute Gasteiger partial charge is 0.339 e. The molecule has 4 saturated carbocycles. The van der Waals surface area contributed by atoms with Crippen molar-refractivity contribution in [2.45, 2.75) is 391 Å². The number of rotatable bonds is 19. The Morgan fingerprint density at radius 2 is 0.586 bits per heavy atom. The van der Waals surface area contributed by atoms with E-state index in [0.29, 0.717) is 44.9 Å². The van der Waals surface area contributed by atoms with Gasteiger partial charge in [0.1, 0.15) is 12.2 Å². The number of esters is 2. The van der Waals surface area contributed by atoms with Gasteiger partial charge in [-0.15, -0.1) is 0 Å². The maximum atomic E-state index is 15.7. The van der Waals surface area contributed by atoms with E-state index in [9.17, 15) is 0 Å². The molecule has 4 heterocycles. The molecule has 9 rings (SSSR count). The van der Waals surface area contributed by atoms with Gasteiger partial charge in [-0.3, -0.25) is 28.9 Å². The number of ketones is 2. The molecule has 0 spiro atoms. The first-order valence-corrected chi connectivity index (χ1v) is 35.2. The standard InChI is InChI=1S/C73H120N4O10/c1-66(2)42-50(43-67(3,4)74(66)84-52-29-21-17-22-30-52)37-38-62(78)58-40-59(63(79)39-51-44-68(5,6)75(69(7,8)45-51)85-53-31-23-18-24-32-53)61(65(81)83-57-48-72(13,14)77(73(15,16)49-57)87-55-35-27-20-28-36-55)41-60(58)64(80)82-56-46-70(9,10)76(71(11,12)47-56)86-54-33-25-19-26-34-54/h40-41,50-57H,17-39,42-49H2,1-16H3. The fourth-order valence-corrected chi connectivity index (χ4v) is 18.9. The molecule has 4 saturated heterocycles. The first kappa shape index (κ1) is 68.5. The van der Waals surface area contributed by atoms with Crippen LogP contribution < -0.4 is 0 Å². The van der Waals surface area contributed by atoms with E-state index in [1.807, 2.05) is 0 Å². The summed E-state index contributed by atoms with van der Waals surface area (Å²) in [6.45, 7) is 35.1. The van der Waals surface area contributed by atoms with E-state index in [-0.39, 0.29) is 94.0 Å². The number of carbonyl (C=O) groups excluding carboxylic acids is 4. The van der Waals surface area contributed by atoms with Crippen molar-refractivity contribution in [1.29, 1.82) is 0 Å². The van der Waals surface area contributed by atoms with E-state index in [2.05, 4.69) is 131 Å². The zero-order valence-electron chi connectivity index (χ0n) is 57.6. The Kier molecular flexibility index (Phi) is 21.3. The van der Waals surface area contributed by atoms with Crippen molar-refractivity contribution in [3.63, 3.8) is 0 Å². The van der Waals surface area contributed by atoms with E-state index in [1.165, 1.54) is 57.4 Å². The van der Waals surface area contributed by atoms with Gasteiger partial charge < -0.3 is 9.47 Å². The predicted octanol–water partition coefficient (Wildman–Crippen LogP) is 17.2. The Bertz CT molecular complexity index is 2470. The van der Waals surface area contributed by atoms with Crippen LogP contribution >= 0.6 is 0 Å². The largest absolute Gasteiger partial charge is 0.459 e. The molecule has 0 unspecified atom stereocenters. The molecule has 0 aromatic heterocycles. The van der Waals surface area contributed by atoms with Crippen LogP contribution in [0.25, 0.3) is 0 Å². The van der Waals surface area contributed by atoms with E-state index in [0.717, 1.165) is 89.9 Å². The van der Waals surface area contributed by atoms with Gasteiger partial charge in [0.05, 0.1) is 35.5 Å². The van der Waals surface area contributed by atoms with Crippen molar-refractivity contribution >= 4 is 23.5 Å². The molecule has 4 aliphatic carbocycles. The van der Waals surface area contributed by atoms with Crippen LogP contribution in [0, 0.1) is 11.8 Å². The SMILES string of the molecule is CC1(C)CC(CCC(=O)c2cc(C(=O)CC3CC(C)(C)N(OC4CCCCC4)C(C)(C)C3)c(C(=O)OC3CC(C)(C)N(OC4CCCCC4)C(C)(C)C3)cc2C(=O)OC2CC(C)(C)N(OC3CCCCC3)C(C)(C)C2)CC(C)(C)N1OC1CCCCC1. The highest BCUT2D eigenvalue weighted by Crippen LogP contribution is 2.49. The highest BCUT2D eigenvalue weighted by molar-refractivity contribution is 6.13. The molecular formula is C73H120N4O10. The first-order valence-electron chi connectivity index (χ1n) is 35.2. The summed E-state index contributed by atoms with van der Waals surface area (Å²) in [6.07, 6.45) is 28.3. The second-order valence-electron chi connectivity index (χ2n) is 34.1. The molecule has 0 N–H and O–H groups in total. The second kappa shape index (κ2) is 27.0. The molecule has 1 aromatic carbocycles. The molecule has 0 amide bonds. The molecule has 0 bridgehead atoms. The Morgan fingerprint density at radius 3 is 0.885 bits per heavy atom. The molecule has 8 aliphatic rings. The van der Waals surface area contributed by atoms with Gasteiger partial charge in [0.2, 0.25) is 0 Å². The molecule has 14 nitrogen and oxygen atoms in total. The maximum Gasteiger partial charge on any atom is 0.339 e. The molecule has 0 radical (unpaired) electrons. The van der Waals surface area contributed by atoms with Crippen LogP contribution in [0.5, 0.6) is 0 Å². The summed E-state index contributed by atoms with van der Waals surface area (Å²) in [5, 5.41) is 8.80. The first-order chi connectivity index (χ1) is 40.6. The fraction of sp³-hybridized carbons (Fsp3) is 0.863. The minimum Gasteiger partial charge on any atom is -0.459 e. The van der Waals surface area contributed by atoms with Crippen LogP contribution in [-0.4, -0.2) is 125 Å². The molecule has 0 atom stereocenters. The van der Waals surface area contributed by atoms with Crippen molar-refractivity contribution in [1.82, 2.24) is 20.3 Å². The lowest BCUT2D eigenvalue weighted by atomic mass is 9.72.